The van der Waals surface area contributed by atoms with Crippen molar-refractivity contribution in [2.75, 3.05) is 45.8 Å². The Morgan fingerprint density at radius 3 is 2.42 bits per heavy atom. The molecular weight excluding hydrogens is 458 g/mol. The summed E-state index contributed by atoms with van der Waals surface area (Å²) in [5.74, 6) is 0.266. The highest BCUT2D eigenvalue weighted by molar-refractivity contribution is 5.83. The van der Waals surface area contributed by atoms with Crippen LogP contribution < -0.4 is 21.3 Å². The standard InChI is InChI=1S/C26H45N7O3/c34-24(32-14-12-31(13-15-32)23-8-4-5-11-27-23)10-9-21-17-28-25(35)22-16-20(18-33(21)22)30-26(36)29-19-6-2-1-3-7-19/h19-23,27H,1-18H2,(H,28,35)(H2,29,30,36). The second kappa shape index (κ2) is 12.1. The van der Waals surface area contributed by atoms with E-state index in [1.54, 1.807) is 0 Å². The lowest BCUT2D eigenvalue weighted by atomic mass is 9.96. The molecule has 4 N–H and O–H groups in total. The number of amides is 4. The summed E-state index contributed by atoms with van der Waals surface area (Å²) in [4.78, 5) is 44.8. The Hall–Kier alpha value is -1.91. The molecule has 1 aliphatic carbocycles. The molecule has 4 aliphatic heterocycles. The molecule has 0 aromatic carbocycles. The summed E-state index contributed by atoms with van der Waals surface area (Å²) in [7, 11) is 0. The first-order valence-corrected chi connectivity index (χ1v) is 14.4. The summed E-state index contributed by atoms with van der Waals surface area (Å²) in [6.07, 6.45) is 11.8. The van der Waals surface area contributed by atoms with Crippen molar-refractivity contribution in [3.8, 4) is 0 Å². The van der Waals surface area contributed by atoms with Crippen molar-refractivity contribution in [1.29, 1.82) is 0 Å². The number of nitrogens with zero attached hydrogens (tertiary/aromatic N) is 3. The van der Waals surface area contributed by atoms with Crippen LogP contribution in [0.5, 0.6) is 0 Å². The van der Waals surface area contributed by atoms with Gasteiger partial charge in [0, 0.05) is 63.8 Å². The zero-order valence-corrected chi connectivity index (χ0v) is 21.7. The van der Waals surface area contributed by atoms with E-state index in [2.05, 4.69) is 31.1 Å². The summed E-state index contributed by atoms with van der Waals surface area (Å²) in [5, 5.41) is 12.9. The van der Waals surface area contributed by atoms with E-state index in [9.17, 15) is 14.4 Å². The number of rotatable bonds is 6. The second-order valence-corrected chi connectivity index (χ2v) is 11.4. The van der Waals surface area contributed by atoms with Crippen LogP contribution in [-0.4, -0.2) is 109 Å². The Balaban J connectivity index is 1.06. The van der Waals surface area contributed by atoms with Gasteiger partial charge in [-0.1, -0.05) is 19.3 Å². The van der Waals surface area contributed by atoms with Gasteiger partial charge in [0.1, 0.15) is 0 Å². The fraction of sp³-hybridized carbons (Fsp3) is 0.885. The van der Waals surface area contributed by atoms with Crippen LogP contribution in [0.1, 0.15) is 70.6 Å². The molecule has 0 bridgehead atoms. The summed E-state index contributed by atoms with van der Waals surface area (Å²) >= 11 is 0. The van der Waals surface area contributed by atoms with E-state index in [0.717, 1.165) is 52.0 Å². The van der Waals surface area contributed by atoms with E-state index in [-0.39, 0.29) is 42.0 Å². The van der Waals surface area contributed by atoms with Gasteiger partial charge in [-0.3, -0.25) is 19.4 Å². The van der Waals surface area contributed by atoms with Crippen LogP contribution in [-0.2, 0) is 9.59 Å². The predicted octanol–water partition coefficient (Wildman–Crippen LogP) is 0.584. The topological polar surface area (TPSA) is 109 Å². The number of carbonyl (C=O) groups is 3. The molecule has 0 spiro atoms. The maximum Gasteiger partial charge on any atom is 0.315 e. The van der Waals surface area contributed by atoms with Gasteiger partial charge >= 0.3 is 6.03 Å². The molecule has 4 saturated heterocycles. The average molecular weight is 504 g/mol. The van der Waals surface area contributed by atoms with Crippen LogP contribution in [0.15, 0.2) is 0 Å². The highest BCUT2D eigenvalue weighted by atomic mass is 16.2. The van der Waals surface area contributed by atoms with Crippen molar-refractivity contribution >= 4 is 17.8 Å². The van der Waals surface area contributed by atoms with Crippen LogP contribution in [0, 0.1) is 0 Å². The Bertz CT molecular complexity index is 775. The normalized spacial score (nSPS) is 32.6. The van der Waals surface area contributed by atoms with Gasteiger partial charge in [-0.05, 0) is 51.5 Å². The first kappa shape index (κ1) is 25.7. The minimum Gasteiger partial charge on any atom is -0.353 e. The molecule has 4 heterocycles. The van der Waals surface area contributed by atoms with Crippen molar-refractivity contribution in [1.82, 2.24) is 36.0 Å². The number of hydrogen-bond acceptors (Lipinski definition) is 6. The SMILES string of the molecule is O=C(NC1CCCCC1)NC1CC2C(=O)NCC(CCC(=O)N3CCN(C4CCCCN4)CC3)N2C1. The quantitative estimate of drug-likeness (QED) is 0.422. The molecule has 4 amide bonds. The fourth-order valence-corrected chi connectivity index (χ4v) is 6.88. The van der Waals surface area contributed by atoms with Crippen LogP contribution in [0.2, 0.25) is 0 Å². The fourth-order valence-electron chi connectivity index (χ4n) is 6.88. The van der Waals surface area contributed by atoms with Gasteiger partial charge in [0.15, 0.2) is 0 Å². The van der Waals surface area contributed by atoms with Gasteiger partial charge in [-0.15, -0.1) is 0 Å². The Kier molecular flexibility index (Phi) is 8.64. The van der Waals surface area contributed by atoms with Crippen LogP contribution in [0.3, 0.4) is 0 Å². The minimum atomic E-state index is -0.217. The summed E-state index contributed by atoms with van der Waals surface area (Å²) < 4.78 is 0. The lowest BCUT2D eigenvalue weighted by Gasteiger charge is -2.41. The number of hydrogen-bond donors (Lipinski definition) is 4. The van der Waals surface area contributed by atoms with E-state index >= 15 is 0 Å². The van der Waals surface area contributed by atoms with Gasteiger partial charge in [0.05, 0.1) is 12.2 Å². The number of nitrogens with one attached hydrogen (secondary N) is 4. The maximum atomic E-state index is 13.0. The molecule has 5 aliphatic rings. The molecule has 36 heavy (non-hydrogen) atoms. The first-order valence-electron chi connectivity index (χ1n) is 14.4. The molecule has 202 valence electrons. The van der Waals surface area contributed by atoms with E-state index in [4.69, 9.17) is 0 Å². The maximum absolute atomic E-state index is 13.0. The minimum absolute atomic E-state index is 0.0397. The van der Waals surface area contributed by atoms with Crippen molar-refractivity contribution in [2.45, 2.75) is 101 Å². The van der Waals surface area contributed by atoms with Crippen LogP contribution >= 0.6 is 0 Å². The highest BCUT2D eigenvalue weighted by Gasteiger charge is 2.44. The third-order valence-electron chi connectivity index (χ3n) is 8.98. The number of urea groups is 1. The lowest BCUT2D eigenvalue weighted by molar-refractivity contribution is -0.134. The molecule has 5 rings (SSSR count). The first-order chi connectivity index (χ1) is 17.6. The van der Waals surface area contributed by atoms with Gasteiger partial charge < -0.3 is 26.2 Å². The number of piperazine rings is 2. The Morgan fingerprint density at radius 1 is 0.917 bits per heavy atom. The van der Waals surface area contributed by atoms with Crippen molar-refractivity contribution in [3.63, 3.8) is 0 Å². The van der Waals surface area contributed by atoms with Gasteiger partial charge in [-0.2, -0.15) is 0 Å². The molecule has 4 atom stereocenters. The van der Waals surface area contributed by atoms with Gasteiger partial charge in [-0.25, -0.2) is 4.79 Å². The lowest BCUT2D eigenvalue weighted by Crippen LogP contribution is -2.58. The highest BCUT2D eigenvalue weighted by Crippen LogP contribution is 2.26. The van der Waals surface area contributed by atoms with E-state index in [1.165, 1.54) is 38.5 Å². The molecule has 10 heteroatoms. The number of carbonyl (C=O) groups excluding carboxylic acids is 3. The van der Waals surface area contributed by atoms with Crippen molar-refractivity contribution in [2.24, 2.45) is 0 Å². The monoisotopic (exact) mass is 503 g/mol. The molecular formula is C26H45N7O3. The average Bonchev–Trinajstić information content (AvgIpc) is 3.34. The molecule has 4 unspecified atom stereocenters. The smallest absolute Gasteiger partial charge is 0.315 e. The van der Waals surface area contributed by atoms with E-state index in [0.29, 0.717) is 32.1 Å². The zero-order chi connectivity index (χ0) is 24.9. The van der Waals surface area contributed by atoms with E-state index in [1.807, 2.05) is 4.90 Å². The third-order valence-corrected chi connectivity index (χ3v) is 8.98. The van der Waals surface area contributed by atoms with Crippen LogP contribution in [0.25, 0.3) is 0 Å². The third kappa shape index (κ3) is 6.31. The molecule has 10 nitrogen and oxygen atoms in total. The summed E-state index contributed by atoms with van der Waals surface area (Å²) in [6, 6.07) is 0.0390. The number of fused-ring (bicyclic) bond motifs is 1. The zero-order valence-electron chi connectivity index (χ0n) is 21.7. The Morgan fingerprint density at radius 2 is 1.67 bits per heavy atom. The van der Waals surface area contributed by atoms with Crippen LogP contribution in [0.4, 0.5) is 4.79 Å². The summed E-state index contributed by atoms with van der Waals surface area (Å²) in [6.45, 7) is 5.81. The van der Waals surface area contributed by atoms with Crippen molar-refractivity contribution in [3.05, 3.63) is 0 Å². The number of piperidine rings is 1. The van der Waals surface area contributed by atoms with Gasteiger partial charge in [0.25, 0.3) is 0 Å². The Labute approximate surface area is 215 Å². The predicted molar refractivity (Wildman–Crippen MR) is 137 cm³/mol. The molecule has 1 saturated carbocycles. The molecule has 0 radical (unpaired) electrons. The molecule has 0 aromatic heterocycles. The van der Waals surface area contributed by atoms with Gasteiger partial charge in [0.2, 0.25) is 11.8 Å². The molecule has 5 fully saturated rings. The summed E-state index contributed by atoms with van der Waals surface area (Å²) in [5.41, 5.74) is 0. The van der Waals surface area contributed by atoms with E-state index < -0.39 is 0 Å². The van der Waals surface area contributed by atoms with Crippen molar-refractivity contribution < 1.29 is 14.4 Å². The second-order valence-electron chi connectivity index (χ2n) is 11.4. The largest absolute Gasteiger partial charge is 0.353 e. The molecule has 0 aromatic rings.